The molecule has 152 valence electrons. The van der Waals surface area contributed by atoms with Crippen molar-refractivity contribution in [2.75, 3.05) is 0 Å². The van der Waals surface area contributed by atoms with Gasteiger partial charge in [-0.05, 0) is 30.7 Å². The van der Waals surface area contributed by atoms with Gasteiger partial charge in [0.05, 0.1) is 11.4 Å². The first-order chi connectivity index (χ1) is 15.8. The molecule has 3 nitrogen and oxygen atoms in total. The Hall–Kier alpha value is -4.24. The van der Waals surface area contributed by atoms with Crippen molar-refractivity contribution >= 4 is 21.9 Å². The molecule has 0 amide bonds. The summed E-state index contributed by atoms with van der Waals surface area (Å²) in [7, 11) is 0. The zero-order valence-corrected chi connectivity index (χ0v) is 17.6. The summed E-state index contributed by atoms with van der Waals surface area (Å²) in [5.74, 6) is 0.701. The molecule has 0 saturated carbocycles. The first-order valence-corrected chi connectivity index (χ1v) is 10.7. The van der Waals surface area contributed by atoms with Crippen LogP contribution < -0.4 is 0 Å². The topological polar surface area (TPSA) is 38.9 Å². The predicted octanol–water partition coefficient (Wildman–Crippen LogP) is 7.69. The van der Waals surface area contributed by atoms with Gasteiger partial charge in [0, 0.05) is 27.5 Å². The molecule has 2 aromatic heterocycles. The van der Waals surface area contributed by atoms with Crippen LogP contribution in [0.4, 0.5) is 0 Å². The molecular formula is C29H20N2O. The number of rotatable bonds is 3. The summed E-state index contributed by atoms with van der Waals surface area (Å²) in [6.45, 7) is 2.12. The van der Waals surface area contributed by atoms with Crippen LogP contribution >= 0.6 is 0 Å². The Morgan fingerprint density at radius 3 is 2.06 bits per heavy atom. The maximum absolute atomic E-state index is 6.35. The van der Waals surface area contributed by atoms with Crippen LogP contribution in [0.1, 0.15) is 5.56 Å². The number of para-hydroxylation sites is 1. The molecule has 0 unspecified atom stereocenters. The van der Waals surface area contributed by atoms with Gasteiger partial charge in [-0.1, -0.05) is 84.9 Å². The van der Waals surface area contributed by atoms with E-state index < -0.39 is 0 Å². The minimum absolute atomic E-state index is 0.701. The van der Waals surface area contributed by atoms with E-state index in [-0.39, 0.29) is 0 Å². The largest absolute Gasteiger partial charge is 0.455 e. The molecule has 0 radical (unpaired) electrons. The van der Waals surface area contributed by atoms with Crippen LogP contribution in [-0.2, 0) is 0 Å². The van der Waals surface area contributed by atoms with E-state index in [1.54, 1.807) is 0 Å². The third kappa shape index (κ3) is 3.07. The Morgan fingerprint density at radius 2 is 1.28 bits per heavy atom. The zero-order chi connectivity index (χ0) is 21.5. The van der Waals surface area contributed by atoms with Gasteiger partial charge in [0.1, 0.15) is 11.2 Å². The summed E-state index contributed by atoms with van der Waals surface area (Å²) in [5, 5.41) is 2.27. The number of aryl methyl sites for hydroxylation is 1. The van der Waals surface area contributed by atoms with Gasteiger partial charge in [0.2, 0.25) is 0 Å². The fourth-order valence-corrected chi connectivity index (χ4v) is 4.25. The van der Waals surface area contributed by atoms with Gasteiger partial charge >= 0.3 is 0 Å². The molecule has 0 bridgehead atoms. The Balaban J connectivity index is 1.65. The maximum Gasteiger partial charge on any atom is 0.160 e. The van der Waals surface area contributed by atoms with Gasteiger partial charge in [-0.15, -0.1) is 0 Å². The van der Waals surface area contributed by atoms with Crippen molar-refractivity contribution in [3.8, 4) is 33.9 Å². The highest BCUT2D eigenvalue weighted by molar-refractivity contribution is 6.11. The highest BCUT2D eigenvalue weighted by Gasteiger charge is 2.17. The highest BCUT2D eigenvalue weighted by atomic mass is 16.3. The normalized spacial score (nSPS) is 11.3. The smallest absolute Gasteiger partial charge is 0.160 e. The Kier molecular flexibility index (Phi) is 4.32. The second kappa shape index (κ2) is 7.47. The summed E-state index contributed by atoms with van der Waals surface area (Å²) in [4.78, 5) is 9.88. The van der Waals surface area contributed by atoms with Gasteiger partial charge < -0.3 is 4.42 Å². The molecule has 0 N–H and O–H groups in total. The van der Waals surface area contributed by atoms with Crippen molar-refractivity contribution < 1.29 is 4.42 Å². The average Bonchev–Trinajstić information content (AvgIpc) is 3.25. The van der Waals surface area contributed by atoms with Crippen LogP contribution in [0.25, 0.3) is 55.8 Å². The lowest BCUT2D eigenvalue weighted by Gasteiger charge is -2.10. The van der Waals surface area contributed by atoms with E-state index in [0.29, 0.717) is 5.82 Å². The summed E-state index contributed by atoms with van der Waals surface area (Å²) in [5.41, 5.74) is 7.69. The second-order valence-corrected chi connectivity index (χ2v) is 7.93. The lowest BCUT2D eigenvalue weighted by molar-refractivity contribution is 0.669. The van der Waals surface area contributed by atoms with Crippen LogP contribution in [0.5, 0.6) is 0 Å². The molecule has 3 heteroatoms. The molecule has 0 saturated heterocycles. The van der Waals surface area contributed by atoms with Crippen LogP contribution in [0.2, 0.25) is 0 Å². The maximum atomic E-state index is 6.35. The average molecular weight is 412 g/mol. The third-order valence-electron chi connectivity index (χ3n) is 5.84. The number of aromatic nitrogens is 2. The fourth-order valence-electron chi connectivity index (χ4n) is 4.25. The Morgan fingerprint density at radius 1 is 0.625 bits per heavy atom. The first-order valence-electron chi connectivity index (χ1n) is 10.7. The van der Waals surface area contributed by atoms with Gasteiger partial charge in [-0.3, -0.25) is 0 Å². The third-order valence-corrected chi connectivity index (χ3v) is 5.84. The van der Waals surface area contributed by atoms with Crippen LogP contribution in [0.3, 0.4) is 0 Å². The van der Waals surface area contributed by atoms with E-state index in [0.717, 1.165) is 50.0 Å². The fraction of sp³-hybridized carbons (Fsp3) is 0.0345. The summed E-state index contributed by atoms with van der Waals surface area (Å²) in [6, 6.07) is 34.8. The molecule has 0 aliphatic carbocycles. The highest BCUT2D eigenvalue weighted by Crippen LogP contribution is 2.38. The standard InChI is InChI=1S/C29H20N2O/c1-19-16-17-22(28-27(19)23-14-8-9-15-26(23)32-28)25-18-24(20-10-4-2-5-11-20)30-29(31-25)21-12-6-3-7-13-21/h2-18H,1H3. The van der Waals surface area contributed by atoms with Crippen LogP contribution in [-0.4, -0.2) is 9.97 Å². The van der Waals surface area contributed by atoms with Crippen molar-refractivity contribution in [3.05, 3.63) is 109 Å². The van der Waals surface area contributed by atoms with E-state index in [1.807, 2.05) is 60.7 Å². The van der Waals surface area contributed by atoms with Gasteiger partial charge in [0.15, 0.2) is 5.82 Å². The summed E-state index contributed by atoms with van der Waals surface area (Å²) < 4.78 is 6.35. The molecule has 0 aliphatic rings. The molecule has 2 heterocycles. The van der Waals surface area contributed by atoms with E-state index in [9.17, 15) is 0 Å². The van der Waals surface area contributed by atoms with Crippen molar-refractivity contribution in [1.82, 2.24) is 9.97 Å². The Bertz CT molecular complexity index is 1510. The van der Waals surface area contributed by atoms with Crippen LogP contribution in [0.15, 0.2) is 108 Å². The van der Waals surface area contributed by atoms with Gasteiger partial charge in [-0.25, -0.2) is 9.97 Å². The van der Waals surface area contributed by atoms with Gasteiger partial charge in [0.25, 0.3) is 0 Å². The quantitative estimate of drug-likeness (QED) is 0.299. The first kappa shape index (κ1) is 18.5. The molecule has 4 aromatic carbocycles. The molecule has 6 rings (SSSR count). The summed E-state index contributed by atoms with van der Waals surface area (Å²) in [6.07, 6.45) is 0. The number of nitrogens with zero attached hydrogens (tertiary/aromatic N) is 2. The van der Waals surface area contributed by atoms with E-state index in [1.165, 1.54) is 5.56 Å². The van der Waals surface area contributed by atoms with Crippen LogP contribution in [0, 0.1) is 6.92 Å². The molecule has 32 heavy (non-hydrogen) atoms. The minimum atomic E-state index is 0.701. The zero-order valence-electron chi connectivity index (χ0n) is 17.6. The Labute approximate surface area is 186 Å². The number of benzene rings is 4. The molecular weight excluding hydrogens is 392 g/mol. The van der Waals surface area contributed by atoms with Crippen molar-refractivity contribution in [1.29, 1.82) is 0 Å². The monoisotopic (exact) mass is 412 g/mol. The molecule has 6 aromatic rings. The number of hydrogen-bond acceptors (Lipinski definition) is 3. The van der Waals surface area contributed by atoms with Crippen molar-refractivity contribution in [2.45, 2.75) is 6.92 Å². The lowest BCUT2D eigenvalue weighted by Crippen LogP contribution is -1.96. The second-order valence-electron chi connectivity index (χ2n) is 7.93. The number of fused-ring (bicyclic) bond motifs is 3. The molecule has 0 spiro atoms. The lowest BCUT2D eigenvalue weighted by atomic mass is 10.0. The molecule has 0 atom stereocenters. The number of furan rings is 1. The molecule has 0 fully saturated rings. The van der Waals surface area contributed by atoms with E-state index >= 15 is 0 Å². The van der Waals surface area contributed by atoms with Gasteiger partial charge in [-0.2, -0.15) is 0 Å². The minimum Gasteiger partial charge on any atom is -0.455 e. The summed E-state index contributed by atoms with van der Waals surface area (Å²) >= 11 is 0. The van der Waals surface area contributed by atoms with E-state index in [2.05, 4.69) is 49.4 Å². The van der Waals surface area contributed by atoms with Crippen molar-refractivity contribution in [3.63, 3.8) is 0 Å². The number of hydrogen-bond donors (Lipinski definition) is 0. The van der Waals surface area contributed by atoms with E-state index in [4.69, 9.17) is 14.4 Å². The SMILES string of the molecule is Cc1ccc(-c2cc(-c3ccccc3)nc(-c3ccccc3)n2)c2oc3ccccc3c12. The predicted molar refractivity (Wildman–Crippen MR) is 130 cm³/mol. The molecule has 0 aliphatic heterocycles. The van der Waals surface area contributed by atoms with Crippen molar-refractivity contribution in [2.24, 2.45) is 0 Å².